The van der Waals surface area contributed by atoms with E-state index in [9.17, 15) is 4.79 Å². The summed E-state index contributed by atoms with van der Waals surface area (Å²) in [5.41, 5.74) is 2.99. The van der Waals surface area contributed by atoms with Crippen LogP contribution in [0.25, 0.3) is 11.0 Å². The standard InChI is InChI=1S/C20H21ClN4O2S/c1-23(14-15-2-4-16(5-3-15)24-8-11-27-12-9-24)18(26)7-6-17-19(21)22-20-25(17)10-13-28-20/h2-7,10,13H,8-9,11-12,14H2,1H3/b7-6+. The molecule has 1 fully saturated rings. The molecule has 1 aliphatic heterocycles. The summed E-state index contributed by atoms with van der Waals surface area (Å²) in [6, 6.07) is 8.35. The smallest absolute Gasteiger partial charge is 0.246 e. The molecule has 146 valence electrons. The second-order valence-electron chi connectivity index (χ2n) is 6.64. The molecule has 1 aliphatic rings. The van der Waals surface area contributed by atoms with Gasteiger partial charge in [0, 0.05) is 50.0 Å². The number of halogens is 1. The van der Waals surface area contributed by atoms with Gasteiger partial charge in [0.05, 0.1) is 18.9 Å². The fraction of sp³-hybridized carbons (Fsp3) is 0.300. The molecule has 0 radical (unpaired) electrons. The summed E-state index contributed by atoms with van der Waals surface area (Å²) < 4.78 is 7.27. The Morgan fingerprint density at radius 2 is 2.07 bits per heavy atom. The Morgan fingerprint density at radius 1 is 1.32 bits per heavy atom. The Kier molecular flexibility index (Phi) is 5.66. The predicted molar refractivity (Wildman–Crippen MR) is 113 cm³/mol. The van der Waals surface area contributed by atoms with Crippen LogP contribution in [0.4, 0.5) is 5.69 Å². The molecule has 3 heterocycles. The first-order chi connectivity index (χ1) is 13.6. The zero-order valence-corrected chi connectivity index (χ0v) is 17.1. The van der Waals surface area contributed by atoms with Crippen LogP contribution in [0, 0.1) is 0 Å². The van der Waals surface area contributed by atoms with Gasteiger partial charge >= 0.3 is 0 Å². The summed E-state index contributed by atoms with van der Waals surface area (Å²) in [6.45, 7) is 3.91. The number of benzene rings is 1. The quantitative estimate of drug-likeness (QED) is 0.597. The van der Waals surface area contributed by atoms with Crippen molar-refractivity contribution in [2.24, 2.45) is 0 Å². The van der Waals surface area contributed by atoms with E-state index in [0.29, 0.717) is 11.7 Å². The second kappa shape index (κ2) is 8.34. The van der Waals surface area contributed by atoms with Gasteiger partial charge < -0.3 is 14.5 Å². The number of imidazole rings is 1. The minimum Gasteiger partial charge on any atom is -0.378 e. The lowest BCUT2D eigenvalue weighted by atomic mass is 10.1. The third kappa shape index (κ3) is 4.06. The topological polar surface area (TPSA) is 50.1 Å². The number of anilines is 1. The Hall–Kier alpha value is -2.35. The number of carbonyl (C=O) groups is 1. The van der Waals surface area contributed by atoms with E-state index in [1.807, 2.05) is 16.0 Å². The molecule has 1 saturated heterocycles. The van der Waals surface area contributed by atoms with Crippen molar-refractivity contribution in [2.75, 3.05) is 38.3 Å². The Bertz CT molecular complexity index is 989. The molecule has 1 amide bonds. The van der Waals surface area contributed by atoms with Crippen LogP contribution in [0.2, 0.25) is 5.15 Å². The Balaban J connectivity index is 1.38. The number of aromatic nitrogens is 2. The van der Waals surface area contributed by atoms with Crippen molar-refractivity contribution in [3.63, 3.8) is 0 Å². The van der Waals surface area contributed by atoms with Gasteiger partial charge in [-0.05, 0) is 23.8 Å². The first kappa shape index (κ1) is 19.0. The van der Waals surface area contributed by atoms with Crippen LogP contribution < -0.4 is 4.90 Å². The maximum absolute atomic E-state index is 12.5. The van der Waals surface area contributed by atoms with Crippen LogP contribution in [0.3, 0.4) is 0 Å². The van der Waals surface area contributed by atoms with E-state index in [-0.39, 0.29) is 5.91 Å². The maximum atomic E-state index is 12.5. The van der Waals surface area contributed by atoms with Crippen molar-refractivity contribution in [2.45, 2.75) is 6.54 Å². The van der Waals surface area contributed by atoms with Crippen LogP contribution in [-0.4, -0.2) is 53.5 Å². The molecule has 8 heteroatoms. The summed E-state index contributed by atoms with van der Waals surface area (Å²) in [6.07, 6.45) is 5.15. The van der Waals surface area contributed by atoms with Crippen molar-refractivity contribution in [1.29, 1.82) is 0 Å². The van der Waals surface area contributed by atoms with Gasteiger partial charge in [-0.3, -0.25) is 9.20 Å². The normalized spacial score (nSPS) is 14.9. The number of hydrogen-bond acceptors (Lipinski definition) is 5. The van der Waals surface area contributed by atoms with E-state index in [1.165, 1.54) is 23.1 Å². The highest BCUT2D eigenvalue weighted by Gasteiger charge is 2.13. The largest absolute Gasteiger partial charge is 0.378 e. The first-order valence-corrected chi connectivity index (χ1v) is 10.3. The number of rotatable bonds is 5. The molecule has 0 spiro atoms. The summed E-state index contributed by atoms with van der Waals surface area (Å²) in [4.78, 5) is 21.6. The summed E-state index contributed by atoms with van der Waals surface area (Å²) in [5.74, 6) is -0.0847. The average Bonchev–Trinajstić information content (AvgIpc) is 3.28. The van der Waals surface area contributed by atoms with E-state index >= 15 is 0 Å². The van der Waals surface area contributed by atoms with Crippen LogP contribution in [0.15, 0.2) is 41.9 Å². The molecule has 4 rings (SSSR count). The summed E-state index contributed by atoms with van der Waals surface area (Å²) >= 11 is 7.67. The first-order valence-electron chi connectivity index (χ1n) is 9.07. The van der Waals surface area contributed by atoms with Gasteiger partial charge in [0.25, 0.3) is 0 Å². The number of carbonyl (C=O) groups excluding carboxylic acids is 1. The molecule has 3 aromatic rings. The fourth-order valence-corrected chi connectivity index (χ4v) is 4.19. The zero-order valence-electron chi connectivity index (χ0n) is 15.5. The van der Waals surface area contributed by atoms with E-state index in [4.69, 9.17) is 16.3 Å². The zero-order chi connectivity index (χ0) is 19.5. The number of likely N-dealkylation sites (N-methyl/N-ethyl adjacent to an activating group) is 1. The number of fused-ring (bicyclic) bond motifs is 1. The van der Waals surface area contributed by atoms with Gasteiger partial charge in [-0.2, -0.15) is 0 Å². The van der Waals surface area contributed by atoms with Crippen molar-refractivity contribution in [1.82, 2.24) is 14.3 Å². The summed E-state index contributed by atoms with van der Waals surface area (Å²) in [5, 5.41) is 2.34. The molecule has 6 nitrogen and oxygen atoms in total. The SMILES string of the molecule is CN(Cc1ccc(N2CCOCC2)cc1)C(=O)/C=C/c1c(Cl)nc2sccn12. The van der Waals surface area contributed by atoms with Crippen LogP contribution in [-0.2, 0) is 16.1 Å². The number of morpholine rings is 1. The van der Waals surface area contributed by atoms with Gasteiger partial charge in [0.2, 0.25) is 5.91 Å². The molecular weight excluding hydrogens is 396 g/mol. The molecular formula is C20H21ClN4O2S. The minimum atomic E-state index is -0.0847. The fourth-order valence-electron chi connectivity index (χ4n) is 3.19. The molecule has 28 heavy (non-hydrogen) atoms. The van der Waals surface area contributed by atoms with Gasteiger partial charge in [-0.1, -0.05) is 23.7 Å². The third-order valence-electron chi connectivity index (χ3n) is 4.75. The number of amides is 1. The Labute approximate surface area is 172 Å². The van der Waals surface area contributed by atoms with Crippen LogP contribution in [0.5, 0.6) is 0 Å². The lowest BCUT2D eigenvalue weighted by Gasteiger charge is -2.29. The lowest BCUT2D eigenvalue weighted by molar-refractivity contribution is -0.125. The lowest BCUT2D eigenvalue weighted by Crippen LogP contribution is -2.36. The number of hydrogen-bond donors (Lipinski definition) is 0. The van der Waals surface area contributed by atoms with E-state index in [1.54, 1.807) is 18.0 Å². The van der Waals surface area contributed by atoms with Crippen molar-refractivity contribution >= 4 is 45.6 Å². The van der Waals surface area contributed by atoms with Gasteiger partial charge in [-0.25, -0.2) is 4.98 Å². The van der Waals surface area contributed by atoms with Crippen molar-refractivity contribution < 1.29 is 9.53 Å². The number of ether oxygens (including phenoxy) is 1. The maximum Gasteiger partial charge on any atom is 0.246 e. The average molecular weight is 417 g/mol. The third-order valence-corrected chi connectivity index (χ3v) is 5.78. The molecule has 1 aromatic carbocycles. The van der Waals surface area contributed by atoms with E-state index in [0.717, 1.165) is 42.5 Å². The highest BCUT2D eigenvalue weighted by Crippen LogP contribution is 2.22. The second-order valence-corrected chi connectivity index (χ2v) is 7.87. The van der Waals surface area contributed by atoms with E-state index < -0.39 is 0 Å². The molecule has 2 aromatic heterocycles. The Morgan fingerprint density at radius 3 is 2.82 bits per heavy atom. The van der Waals surface area contributed by atoms with E-state index in [2.05, 4.69) is 34.1 Å². The monoisotopic (exact) mass is 416 g/mol. The molecule has 0 saturated carbocycles. The number of nitrogens with zero attached hydrogens (tertiary/aromatic N) is 4. The number of thiazole rings is 1. The predicted octanol–water partition coefficient (Wildman–Crippen LogP) is 3.56. The highest BCUT2D eigenvalue weighted by molar-refractivity contribution is 7.15. The molecule has 0 aliphatic carbocycles. The van der Waals surface area contributed by atoms with Crippen molar-refractivity contribution in [3.05, 3.63) is 58.3 Å². The molecule has 0 unspecified atom stereocenters. The van der Waals surface area contributed by atoms with Crippen LogP contribution in [0.1, 0.15) is 11.3 Å². The van der Waals surface area contributed by atoms with Crippen molar-refractivity contribution in [3.8, 4) is 0 Å². The molecule has 0 N–H and O–H groups in total. The summed E-state index contributed by atoms with van der Waals surface area (Å²) in [7, 11) is 1.79. The van der Waals surface area contributed by atoms with Gasteiger partial charge in [0.1, 0.15) is 0 Å². The van der Waals surface area contributed by atoms with Crippen LogP contribution >= 0.6 is 22.9 Å². The minimum absolute atomic E-state index is 0.0847. The molecule has 0 bridgehead atoms. The van der Waals surface area contributed by atoms with Gasteiger partial charge in [0.15, 0.2) is 10.1 Å². The highest BCUT2D eigenvalue weighted by atomic mass is 35.5. The van der Waals surface area contributed by atoms with Gasteiger partial charge in [-0.15, -0.1) is 11.3 Å². The molecule has 0 atom stereocenters.